The molecule has 1 aliphatic rings. The molecule has 20 heavy (non-hydrogen) atoms. The molecule has 112 valence electrons. The molecular weight excluding hydrogens is 254 g/mol. The molecule has 0 unspecified atom stereocenters. The molecule has 0 spiro atoms. The highest BCUT2D eigenvalue weighted by Crippen LogP contribution is 2.25. The Bertz CT molecular complexity index is 418. The Morgan fingerprint density at radius 3 is 2.60 bits per heavy atom. The normalized spacial score (nSPS) is 16.8. The van der Waals surface area contributed by atoms with E-state index >= 15 is 0 Å². The zero-order valence-corrected chi connectivity index (χ0v) is 12.4. The molecule has 0 aromatic carbocycles. The van der Waals surface area contributed by atoms with Crippen LogP contribution < -0.4 is 16.2 Å². The summed E-state index contributed by atoms with van der Waals surface area (Å²) >= 11 is 0. The Balaban J connectivity index is 2.18. The van der Waals surface area contributed by atoms with Crippen molar-refractivity contribution in [2.45, 2.75) is 51.2 Å². The van der Waals surface area contributed by atoms with E-state index in [0.717, 1.165) is 5.82 Å². The van der Waals surface area contributed by atoms with Crippen molar-refractivity contribution >= 4 is 11.6 Å². The molecule has 1 aromatic rings. The first-order valence-corrected chi connectivity index (χ1v) is 7.31. The summed E-state index contributed by atoms with van der Waals surface area (Å²) in [6.45, 7) is 0.390. The van der Waals surface area contributed by atoms with Gasteiger partial charge in [0, 0.05) is 26.3 Å². The number of hydrogen-bond donors (Lipinski definition) is 2. The van der Waals surface area contributed by atoms with Gasteiger partial charge in [0.05, 0.1) is 0 Å². The van der Waals surface area contributed by atoms with E-state index in [-0.39, 0.29) is 0 Å². The molecule has 1 fully saturated rings. The maximum absolute atomic E-state index is 5.49. The van der Waals surface area contributed by atoms with Gasteiger partial charge in [-0.1, -0.05) is 25.7 Å². The van der Waals surface area contributed by atoms with Gasteiger partial charge in [-0.3, -0.25) is 0 Å². The molecule has 1 aliphatic carbocycles. The summed E-state index contributed by atoms with van der Waals surface area (Å²) in [5.41, 5.74) is 2.60. The average Bonchev–Trinajstić information content (AvgIpc) is 2.75. The van der Waals surface area contributed by atoms with Gasteiger partial charge in [0.15, 0.2) is 5.82 Å². The van der Waals surface area contributed by atoms with Crippen LogP contribution >= 0.6 is 0 Å². The number of hydrogen-bond acceptors (Lipinski definition) is 6. The Kier molecular flexibility index (Phi) is 5.55. The number of nitrogens with zero attached hydrogens (tertiary/aromatic N) is 3. The number of nitrogens with two attached hydrogens (primary N) is 1. The van der Waals surface area contributed by atoms with Crippen molar-refractivity contribution in [1.29, 1.82) is 0 Å². The number of aromatic nitrogens is 2. The number of nitrogen functional groups attached to an aromatic ring is 1. The smallest absolute Gasteiger partial charge is 0.158 e. The number of anilines is 2. The third-order valence-corrected chi connectivity index (χ3v) is 3.91. The van der Waals surface area contributed by atoms with Crippen molar-refractivity contribution in [3.63, 3.8) is 0 Å². The zero-order chi connectivity index (χ0) is 14.4. The van der Waals surface area contributed by atoms with Crippen LogP contribution in [-0.4, -0.2) is 30.2 Å². The summed E-state index contributed by atoms with van der Waals surface area (Å²) in [6, 6.07) is 2.44. The van der Waals surface area contributed by atoms with Crippen molar-refractivity contribution < 1.29 is 4.74 Å². The van der Waals surface area contributed by atoms with Crippen LogP contribution in [0.15, 0.2) is 6.07 Å². The molecule has 3 N–H and O–H groups in total. The molecule has 0 radical (unpaired) electrons. The third-order valence-electron chi connectivity index (χ3n) is 3.91. The second-order valence-electron chi connectivity index (χ2n) is 5.36. The van der Waals surface area contributed by atoms with Gasteiger partial charge in [-0.05, 0) is 12.8 Å². The molecule has 2 rings (SSSR count). The largest absolute Gasteiger partial charge is 0.377 e. The molecule has 0 aliphatic heterocycles. The molecule has 1 heterocycles. The van der Waals surface area contributed by atoms with Gasteiger partial charge in [0.2, 0.25) is 0 Å². The molecular formula is C14H25N5O. The molecule has 6 nitrogen and oxygen atoms in total. The van der Waals surface area contributed by atoms with Crippen molar-refractivity contribution in [2.75, 3.05) is 24.5 Å². The van der Waals surface area contributed by atoms with Gasteiger partial charge < -0.3 is 15.1 Å². The lowest BCUT2D eigenvalue weighted by Crippen LogP contribution is -2.32. The van der Waals surface area contributed by atoms with E-state index in [9.17, 15) is 0 Å². The topological polar surface area (TPSA) is 76.3 Å². The molecule has 6 heteroatoms. The first kappa shape index (κ1) is 15.0. The predicted molar refractivity (Wildman–Crippen MR) is 80.4 cm³/mol. The fourth-order valence-electron chi connectivity index (χ4n) is 2.76. The highest BCUT2D eigenvalue weighted by molar-refractivity contribution is 5.49. The Hall–Kier alpha value is -1.40. The minimum absolute atomic E-state index is 0.390. The molecule has 1 saturated carbocycles. The molecule has 0 saturated heterocycles. The van der Waals surface area contributed by atoms with Crippen LogP contribution in [0.4, 0.5) is 11.6 Å². The van der Waals surface area contributed by atoms with Crippen LogP contribution in [-0.2, 0) is 11.3 Å². The van der Waals surface area contributed by atoms with Gasteiger partial charge in [-0.25, -0.2) is 15.8 Å². The third kappa shape index (κ3) is 3.80. The van der Waals surface area contributed by atoms with E-state index in [1.165, 1.54) is 38.5 Å². The van der Waals surface area contributed by atoms with Gasteiger partial charge in [0.25, 0.3) is 0 Å². The number of methoxy groups -OCH3 is 1. The number of ether oxygens (including phenoxy) is 1. The summed E-state index contributed by atoms with van der Waals surface area (Å²) in [4.78, 5) is 11.1. The fourth-order valence-corrected chi connectivity index (χ4v) is 2.76. The standard InChI is InChI=1S/C14H25N5O/c1-19(11-7-5-3-4-6-8-11)14-9-12(18-15)16-13(17-14)10-20-2/h9,11H,3-8,10,15H2,1-2H3,(H,16,17,18). The summed E-state index contributed by atoms with van der Waals surface area (Å²) in [5.74, 6) is 7.68. The van der Waals surface area contributed by atoms with Crippen molar-refractivity contribution in [1.82, 2.24) is 9.97 Å². The second-order valence-corrected chi connectivity index (χ2v) is 5.36. The van der Waals surface area contributed by atoms with E-state index in [1.807, 2.05) is 6.07 Å². The van der Waals surface area contributed by atoms with Gasteiger partial charge in [-0.2, -0.15) is 0 Å². The molecule has 0 amide bonds. The minimum Gasteiger partial charge on any atom is -0.377 e. The lowest BCUT2D eigenvalue weighted by Gasteiger charge is -2.28. The first-order valence-electron chi connectivity index (χ1n) is 7.31. The lowest BCUT2D eigenvalue weighted by atomic mass is 10.1. The van der Waals surface area contributed by atoms with Crippen LogP contribution in [0.1, 0.15) is 44.3 Å². The monoisotopic (exact) mass is 279 g/mol. The van der Waals surface area contributed by atoms with E-state index in [0.29, 0.717) is 24.3 Å². The minimum atomic E-state index is 0.390. The van der Waals surface area contributed by atoms with E-state index in [4.69, 9.17) is 10.6 Å². The maximum Gasteiger partial charge on any atom is 0.158 e. The molecule has 0 bridgehead atoms. The number of hydrazine groups is 1. The van der Waals surface area contributed by atoms with Gasteiger partial charge in [-0.15, -0.1) is 0 Å². The van der Waals surface area contributed by atoms with Crippen LogP contribution in [0.3, 0.4) is 0 Å². The van der Waals surface area contributed by atoms with E-state index in [1.54, 1.807) is 7.11 Å². The van der Waals surface area contributed by atoms with Gasteiger partial charge in [0.1, 0.15) is 18.2 Å². The summed E-state index contributed by atoms with van der Waals surface area (Å²) < 4.78 is 5.12. The Morgan fingerprint density at radius 2 is 2.00 bits per heavy atom. The average molecular weight is 279 g/mol. The van der Waals surface area contributed by atoms with Crippen molar-refractivity contribution in [3.05, 3.63) is 11.9 Å². The van der Waals surface area contributed by atoms with E-state index in [2.05, 4.69) is 27.3 Å². The predicted octanol–water partition coefficient (Wildman–Crippen LogP) is 2.07. The SMILES string of the molecule is COCc1nc(NN)cc(N(C)C2CCCCCC2)n1. The fraction of sp³-hybridized carbons (Fsp3) is 0.714. The van der Waals surface area contributed by atoms with Crippen LogP contribution in [0.5, 0.6) is 0 Å². The Morgan fingerprint density at radius 1 is 1.30 bits per heavy atom. The Labute approximate surface area is 120 Å². The second kappa shape index (κ2) is 7.40. The highest BCUT2D eigenvalue weighted by atomic mass is 16.5. The zero-order valence-electron chi connectivity index (χ0n) is 12.4. The van der Waals surface area contributed by atoms with Gasteiger partial charge >= 0.3 is 0 Å². The number of rotatable bonds is 5. The van der Waals surface area contributed by atoms with Crippen LogP contribution in [0, 0.1) is 0 Å². The van der Waals surface area contributed by atoms with E-state index < -0.39 is 0 Å². The highest BCUT2D eigenvalue weighted by Gasteiger charge is 2.19. The summed E-state index contributed by atoms with van der Waals surface area (Å²) in [5, 5.41) is 0. The van der Waals surface area contributed by atoms with Crippen LogP contribution in [0.25, 0.3) is 0 Å². The lowest BCUT2D eigenvalue weighted by molar-refractivity contribution is 0.178. The quantitative estimate of drug-likeness (QED) is 0.488. The van der Waals surface area contributed by atoms with Crippen molar-refractivity contribution in [3.8, 4) is 0 Å². The molecule has 0 atom stereocenters. The maximum atomic E-state index is 5.49. The number of nitrogens with one attached hydrogen (secondary N) is 1. The summed E-state index contributed by atoms with van der Waals surface area (Å²) in [6.07, 6.45) is 7.74. The van der Waals surface area contributed by atoms with Crippen LogP contribution in [0.2, 0.25) is 0 Å². The summed E-state index contributed by atoms with van der Waals surface area (Å²) in [7, 11) is 3.75. The first-order chi connectivity index (χ1) is 9.74. The molecule has 1 aromatic heterocycles. The van der Waals surface area contributed by atoms with Crippen molar-refractivity contribution in [2.24, 2.45) is 5.84 Å².